The smallest absolute Gasteiger partial charge is 0.175 e. The van der Waals surface area contributed by atoms with Crippen molar-refractivity contribution in [3.05, 3.63) is 24.3 Å². The highest BCUT2D eigenvalue weighted by atomic mass is 32.2. The van der Waals surface area contributed by atoms with Gasteiger partial charge in [-0.05, 0) is 31.2 Å². The van der Waals surface area contributed by atoms with E-state index in [0.717, 1.165) is 5.69 Å². The molecule has 0 atom stereocenters. The second-order valence-electron chi connectivity index (χ2n) is 4.62. The van der Waals surface area contributed by atoms with Gasteiger partial charge in [-0.2, -0.15) is 0 Å². The Morgan fingerprint density at radius 2 is 1.75 bits per heavy atom. The summed E-state index contributed by atoms with van der Waals surface area (Å²) in [5, 5.41) is 9.59. The highest BCUT2D eigenvalue weighted by Crippen LogP contribution is 2.27. The topological polar surface area (TPSA) is 57.6 Å². The Bertz CT molecular complexity index is 482. The number of benzene rings is 1. The lowest BCUT2D eigenvalue weighted by Gasteiger charge is -2.45. The Labute approximate surface area is 95.4 Å². The molecule has 1 fully saturated rings. The summed E-state index contributed by atoms with van der Waals surface area (Å²) in [4.78, 5) is 2.33. The quantitative estimate of drug-likeness (QED) is 0.826. The molecule has 1 N–H and O–H groups in total. The molecule has 1 aromatic carbocycles. The summed E-state index contributed by atoms with van der Waals surface area (Å²) in [6.45, 7) is 2.96. The molecule has 0 bridgehead atoms. The van der Waals surface area contributed by atoms with Gasteiger partial charge in [0.25, 0.3) is 0 Å². The average molecular weight is 241 g/mol. The molecule has 0 saturated carbocycles. The van der Waals surface area contributed by atoms with Gasteiger partial charge in [-0.25, -0.2) is 8.42 Å². The second-order valence-corrected chi connectivity index (χ2v) is 6.63. The highest BCUT2D eigenvalue weighted by molar-refractivity contribution is 7.90. The first-order chi connectivity index (χ1) is 7.28. The van der Waals surface area contributed by atoms with E-state index in [9.17, 15) is 13.5 Å². The van der Waals surface area contributed by atoms with Crippen LogP contribution >= 0.6 is 0 Å². The predicted octanol–water partition coefficient (Wildman–Crippen LogP) is 0.661. The Morgan fingerprint density at radius 3 is 2.12 bits per heavy atom. The fourth-order valence-corrected chi connectivity index (χ4v) is 2.49. The van der Waals surface area contributed by atoms with Crippen LogP contribution in [-0.4, -0.2) is 38.5 Å². The molecule has 0 spiro atoms. The van der Waals surface area contributed by atoms with Crippen LogP contribution in [0.3, 0.4) is 0 Å². The maximum Gasteiger partial charge on any atom is 0.175 e. The standard InChI is InChI=1S/C11H15NO3S/c1-11(13)7-12(8-11)9-3-5-10(6-4-9)16(2,14)15/h3-6,13H,7-8H2,1-2H3. The van der Waals surface area contributed by atoms with Crippen molar-refractivity contribution in [2.75, 3.05) is 24.2 Å². The van der Waals surface area contributed by atoms with Crippen molar-refractivity contribution in [2.24, 2.45) is 0 Å². The highest BCUT2D eigenvalue weighted by Gasteiger charge is 2.36. The van der Waals surface area contributed by atoms with Crippen LogP contribution in [-0.2, 0) is 9.84 Å². The van der Waals surface area contributed by atoms with Crippen molar-refractivity contribution >= 4 is 15.5 Å². The van der Waals surface area contributed by atoms with E-state index in [-0.39, 0.29) is 0 Å². The first-order valence-corrected chi connectivity index (χ1v) is 6.95. The van der Waals surface area contributed by atoms with Crippen LogP contribution < -0.4 is 4.90 Å². The molecule has 88 valence electrons. The minimum absolute atomic E-state index is 0.323. The number of sulfone groups is 1. The lowest BCUT2D eigenvalue weighted by atomic mass is 9.96. The van der Waals surface area contributed by atoms with Gasteiger partial charge in [-0.15, -0.1) is 0 Å². The van der Waals surface area contributed by atoms with Gasteiger partial charge in [0.2, 0.25) is 0 Å². The van der Waals surface area contributed by atoms with Crippen LogP contribution in [0.4, 0.5) is 5.69 Å². The first-order valence-electron chi connectivity index (χ1n) is 5.05. The summed E-state index contributed by atoms with van der Waals surface area (Å²) in [6.07, 6.45) is 1.19. The summed E-state index contributed by atoms with van der Waals surface area (Å²) in [7, 11) is -3.12. The number of anilines is 1. The molecule has 4 nitrogen and oxygen atoms in total. The molecule has 0 aromatic heterocycles. The van der Waals surface area contributed by atoms with E-state index < -0.39 is 15.4 Å². The van der Waals surface area contributed by atoms with Gasteiger partial charge in [0.05, 0.1) is 10.5 Å². The predicted molar refractivity (Wildman–Crippen MR) is 62.4 cm³/mol. The minimum atomic E-state index is -3.12. The number of rotatable bonds is 2. The lowest BCUT2D eigenvalue weighted by molar-refractivity contribution is 0.0310. The molecule has 1 aliphatic rings. The van der Waals surface area contributed by atoms with Crippen molar-refractivity contribution in [2.45, 2.75) is 17.4 Å². The molecule has 0 aliphatic carbocycles. The van der Waals surface area contributed by atoms with Crippen molar-refractivity contribution in [3.8, 4) is 0 Å². The summed E-state index contributed by atoms with van der Waals surface area (Å²) in [5.74, 6) is 0. The number of hydrogen-bond acceptors (Lipinski definition) is 4. The van der Waals surface area contributed by atoms with Gasteiger partial charge in [-0.1, -0.05) is 0 Å². The molecule has 16 heavy (non-hydrogen) atoms. The molecule has 5 heteroatoms. The third kappa shape index (κ3) is 2.20. The van der Waals surface area contributed by atoms with E-state index in [4.69, 9.17) is 0 Å². The Morgan fingerprint density at radius 1 is 1.25 bits per heavy atom. The number of β-amino-alcohol motifs (C(OH)–C–C–N with tert-alkyl or cyclic N) is 1. The van der Waals surface area contributed by atoms with E-state index >= 15 is 0 Å². The molecule has 1 aromatic rings. The maximum absolute atomic E-state index is 11.2. The second kappa shape index (κ2) is 3.46. The first kappa shape index (κ1) is 11.4. The van der Waals surface area contributed by atoms with E-state index in [1.165, 1.54) is 6.26 Å². The normalized spacial score (nSPS) is 19.3. The number of nitrogens with zero attached hydrogens (tertiary/aromatic N) is 1. The van der Waals surface area contributed by atoms with E-state index in [2.05, 4.69) is 0 Å². The van der Waals surface area contributed by atoms with E-state index in [1.807, 2.05) is 4.90 Å². The zero-order chi connectivity index (χ0) is 12.0. The zero-order valence-electron chi connectivity index (χ0n) is 9.34. The van der Waals surface area contributed by atoms with Crippen LogP contribution in [0, 0.1) is 0 Å². The van der Waals surface area contributed by atoms with Crippen molar-refractivity contribution in [1.29, 1.82) is 0 Å². The monoisotopic (exact) mass is 241 g/mol. The van der Waals surface area contributed by atoms with Crippen molar-refractivity contribution < 1.29 is 13.5 Å². The molecular weight excluding hydrogens is 226 g/mol. The summed E-state index contributed by atoms with van der Waals surface area (Å²) in [6, 6.07) is 6.73. The van der Waals surface area contributed by atoms with E-state index in [1.54, 1.807) is 31.2 Å². The van der Waals surface area contributed by atoms with Gasteiger partial charge < -0.3 is 10.0 Å². The summed E-state index contributed by atoms with van der Waals surface area (Å²) < 4.78 is 22.5. The largest absolute Gasteiger partial charge is 0.386 e. The molecular formula is C11H15NO3S. The molecule has 0 unspecified atom stereocenters. The fourth-order valence-electron chi connectivity index (χ4n) is 1.86. The molecule has 1 saturated heterocycles. The Hall–Kier alpha value is -1.07. The van der Waals surface area contributed by atoms with Crippen molar-refractivity contribution in [1.82, 2.24) is 0 Å². The van der Waals surface area contributed by atoms with Crippen molar-refractivity contribution in [3.63, 3.8) is 0 Å². The van der Waals surface area contributed by atoms with Crippen LogP contribution in [0.1, 0.15) is 6.92 Å². The van der Waals surface area contributed by atoms with Gasteiger partial charge in [0, 0.05) is 25.0 Å². The Kier molecular flexibility index (Phi) is 2.47. The zero-order valence-corrected chi connectivity index (χ0v) is 10.2. The lowest BCUT2D eigenvalue weighted by Crippen LogP contribution is -2.60. The summed E-state index contributed by atoms with van der Waals surface area (Å²) >= 11 is 0. The van der Waals surface area contributed by atoms with Gasteiger partial charge in [-0.3, -0.25) is 0 Å². The number of hydrogen-bond donors (Lipinski definition) is 1. The minimum Gasteiger partial charge on any atom is -0.386 e. The maximum atomic E-state index is 11.2. The molecule has 1 aliphatic heterocycles. The third-order valence-corrected chi connectivity index (χ3v) is 3.82. The van der Waals surface area contributed by atoms with Crippen LogP contribution in [0.5, 0.6) is 0 Å². The van der Waals surface area contributed by atoms with Crippen LogP contribution in [0.15, 0.2) is 29.2 Å². The third-order valence-electron chi connectivity index (χ3n) is 2.69. The summed E-state index contributed by atoms with van der Waals surface area (Å²) in [5.41, 5.74) is 0.328. The van der Waals surface area contributed by atoms with Crippen LogP contribution in [0.25, 0.3) is 0 Å². The van der Waals surface area contributed by atoms with Gasteiger partial charge in [0.1, 0.15) is 0 Å². The average Bonchev–Trinajstić information content (AvgIpc) is 2.13. The van der Waals surface area contributed by atoms with Gasteiger partial charge >= 0.3 is 0 Å². The molecule has 0 radical (unpaired) electrons. The van der Waals surface area contributed by atoms with E-state index in [0.29, 0.717) is 18.0 Å². The van der Waals surface area contributed by atoms with Gasteiger partial charge in [0.15, 0.2) is 9.84 Å². The van der Waals surface area contributed by atoms with Crippen LogP contribution in [0.2, 0.25) is 0 Å². The molecule has 1 heterocycles. The molecule has 2 rings (SSSR count). The molecule has 0 amide bonds. The fraction of sp³-hybridized carbons (Fsp3) is 0.455. The number of aliphatic hydroxyl groups is 1. The SMILES string of the molecule is CC1(O)CN(c2ccc(S(C)(=O)=O)cc2)C1. The Balaban J connectivity index is 2.16.